The van der Waals surface area contributed by atoms with E-state index in [0.717, 1.165) is 5.56 Å². The number of likely N-dealkylation sites (tertiary alicyclic amines) is 1. The molecule has 2 aliphatic heterocycles. The van der Waals surface area contributed by atoms with Crippen LogP contribution in [0.25, 0.3) is 0 Å². The van der Waals surface area contributed by atoms with Crippen LogP contribution in [-0.2, 0) is 14.3 Å². The normalized spacial score (nSPS) is 19.8. The first kappa shape index (κ1) is 16.1. The van der Waals surface area contributed by atoms with E-state index < -0.39 is 5.79 Å². The zero-order valence-corrected chi connectivity index (χ0v) is 13.7. The monoisotopic (exact) mass is 321 g/mol. The van der Waals surface area contributed by atoms with Crippen LogP contribution in [0.3, 0.4) is 0 Å². The van der Waals surface area contributed by atoms with Crippen LogP contribution in [0.1, 0.15) is 18.4 Å². The fourth-order valence-electron chi connectivity index (χ4n) is 3.01. The van der Waals surface area contributed by atoms with E-state index in [-0.39, 0.29) is 12.5 Å². The summed E-state index contributed by atoms with van der Waals surface area (Å²) >= 11 is 0. The van der Waals surface area contributed by atoms with Gasteiger partial charge in [0.15, 0.2) is 23.9 Å². The Kier molecular flexibility index (Phi) is 4.73. The van der Waals surface area contributed by atoms with E-state index >= 15 is 0 Å². The van der Waals surface area contributed by atoms with Crippen molar-refractivity contribution < 1.29 is 23.7 Å². The fraction of sp³-hybridized carbons (Fsp3) is 0.588. The molecule has 2 heterocycles. The summed E-state index contributed by atoms with van der Waals surface area (Å²) in [5.74, 6) is 0.740. The maximum Gasteiger partial charge on any atom is 0.260 e. The van der Waals surface area contributed by atoms with Gasteiger partial charge in [-0.1, -0.05) is 6.07 Å². The van der Waals surface area contributed by atoms with E-state index in [0.29, 0.717) is 50.6 Å². The highest BCUT2D eigenvalue weighted by molar-refractivity contribution is 5.78. The molecule has 0 N–H and O–H groups in total. The number of hydrogen-bond acceptors (Lipinski definition) is 5. The fourth-order valence-corrected chi connectivity index (χ4v) is 3.01. The third kappa shape index (κ3) is 3.59. The molecule has 126 valence electrons. The van der Waals surface area contributed by atoms with Crippen molar-refractivity contribution in [3.8, 4) is 11.5 Å². The molecule has 2 aliphatic rings. The predicted octanol–water partition coefficient (Wildman–Crippen LogP) is 1.75. The van der Waals surface area contributed by atoms with Crippen LogP contribution in [0, 0.1) is 6.92 Å². The lowest BCUT2D eigenvalue weighted by Gasteiger charge is -2.37. The first-order valence-corrected chi connectivity index (χ1v) is 7.95. The number of rotatable bonds is 4. The van der Waals surface area contributed by atoms with Gasteiger partial charge in [0, 0.05) is 25.9 Å². The van der Waals surface area contributed by atoms with E-state index in [2.05, 4.69) is 0 Å². The van der Waals surface area contributed by atoms with Crippen LogP contribution < -0.4 is 9.47 Å². The SMILES string of the molecule is COc1cc(C)ccc1OCC(=O)N1CCC2(CC1)OCCO2. The zero-order chi connectivity index (χ0) is 16.3. The summed E-state index contributed by atoms with van der Waals surface area (Å²) < 4.78 is 22.3. The van der Waals surface area contributed by atoms with Gasteiger partial charge >= 0.3 is 0 Å². The Labute approximate surface area is 136 Å². The van der Waals surface area contributed by atoms with Crippen molar-refractivity contribution in [1.29, 1.82) is 0 Å². The lowest BCUT2D eigenvalue weighted by atomic mass is 10.0. The van der Waals surface area contributed by atoms with Crippen molar-refractivity contribution in [3.63, 3.8) is 0 Å². The van der Waals surface area contributed by atoms with Gasteiger partial charge in [-0.2, -0.15) is 0 Å². The molecule has 3 rings (SSSR count). The molecule has 0 saturated carbocycles. The van der Waals surface area contributed by atoms with Crippen LogP contribution in [-0.4, -0.2) is 56.6 Å². The van der Waals surface area contributed by atoms with Crippen molar-refractivity contribution in [2.75, 3.05) is 40.0 Å². The smallest absolute Gasteiger partial charge is 0.260 e. The number of amides is 1. The second-order valence-electron chi connectivity index (χ2n) is 5.93. The van der Waals surface area contributed by atoms with E-state index in [1.165, 1.54) is 0 Å². The van der Waals surface area contributed by atoms with Gasteiger partial charge in [-0.25, -0.2) is 0 Å². The Bertz CT molecular complexity index is 558. The third-order valence-electron chi connectivity index (χ3n) is 4.36. The third-order valence-corrected chi connectivity index (χ3v) is 4.36. The lowest BCUT2D eigenvalue weighted by molar-refractivity contribution is -0.187. The van der Waals surface area contributed by atoms with E-state index in [1.807, 2.05) is 25.1 Å². The minimum absolute atomic E-state index is 0.00807. The van der Waals surface area contributed by atoms with Crippen molar-refractivity contribution >= 4 is 5.91 Å². The number of piperidine rings is 1. The first-order valence-electron chi connectivity index (χ1n) is 7.95. The molecule has 1 aromatic carbocycles. The molecule has 0 aliphatic carbocycles. The highest BCUT2D eigenvalue weighted by Gasteiger charge is 2.40. The van der Waals surface area contributed by atoms with Crippen LogP contribution in [0.15, 0.2) is 18.2 Å². The summed E-state index contributed by atoms with van der Waals surface area (Å²) in [6.07, 6.45) is 1.43. The number of aryl methyl sites for hydroxylation is 1. The number of ether oxygens (including phenoxy) is 4. The number of hydrogen-bond donors (Lipinski definition) is 0. The summed E-state index contributed by atoms with van der Waals surface area (Å²) in [5, 5.41) is 0. The average Bonchev–Trinajstić information content (AvgIpc) is 3.02. The van der Waals surface area contributed by atoms with Crippen molar-refractivity contribution in [1.82, 2.24) is 4.90 Å². The second-order valence-corrected chi connectivity index (χ2v) is 5.93. The summed E-state index contributed by atoms with van der Waals surface area (Å²) in [4.78, 5) is 14.1. The molecule has 1 spiro atoms. The van der Waals surface area contributed by atoms with Gasteiger partial charge in [0.05, 0.1) is 20.3 Å². The molecule has 6 heteroatoms. The van der Waals surface area contributed by atoms with Crippen LogP contribution in [0.5, 0.6) is 11.5 Å². The predicted molar refractivity (Wildman–Crippen MR) is 83.7 cm³/mol. The summed E-state index contributed by atoms with van der Waals surface area (Å²) in [5.41, 5.74) is 1.08. The van der Waals surface area contributed by atoms with Crippen molar-refractivity contribution in [2.45, 2.75) is 25.6 Å². The molecule has 1 aromatic rings. The first-order chi connectivity index (χ1) is 11.1. The number of methoxy groups -OCH3 is 1. The molecule has 0 aromatic heterocycles. The molecule has 0 bridgehead atoms. The maximum absolute atomic E-state index is 12.3. The standard InChI is InChI=1S/C17H23NO5/c1-13-3-4-14(15(11-13)20-2)21-12-16(19)18-7-5-17(6-8-18)22-9-10-23-17/h3-4,11H,5-10,12H2,1-2H3. The van der Waals surface area contributed by atoms with Crippen LogP contribution >= 0.6 is 0 Å². The van der Waals surface area contributed by atoms with Gasteiger partial charge in [0.25, 0.3) is 5.91 Å². The van der Waals surface area contributed by atoms with Crippen LogP contribution in [0.4, 0.5) is 0 Å². The Morgan fingerprint density at radius 2 is 1.91 bits per heavy atom. The quantitative estimate of drug-likeness (QED) is 0.845. The molecule has 0 atom stereocenters. The van der Waals surface area contributed by atoms with Gasteiger partial charge in [-0.05, 0) is 24.6 Å². The topological polar surface area (TPSA) is 57.2 Å². The lowest BCUT2D eigenvalue weighted by Crippen LogP contribution is -2.48. The highest BCUT2D eigenvalue weighted by Crippen LogP contribution is 2.31. The van der Waals surface area contributed by atoms with Gasteiger partial charge < -0.3 is 23.8 Å². The molecule has 2 fully saturated rings. The molecule has 6 nitrogen and oxygen atoms in total. The number of nitrogens with zero attached hydrogens (tertiary/aromatic N) is 1. The van der Waals surface area contributed by atoms with E-state index in [4.69, 9.17) is 18.9 Å². The van der Waals surface area contributed by atoms with Gasteiger partial charge in [0.1, 0.15) is 0 Å². The number of carbonyl (C=O) groups excluding carboxylic acids is 1. The Morgan fingerprint density at radius 1 is 1.22 bits per heavy atom. The summed E-state index contributed by atoms with van der Waals surface area (Å²) in [6.45, 7) is 4.54. The summed E-state index contributed by atoms with van der Waals surface area (Å²) in [7, 11) is 1.59. The average molecular weight is 321 g/mol. The zero-order valence-electron chi connectivity index (χ0n) is 13.7. The molecule has 23 heavy (non-hydrogen) atoms. The van der Waals surface area contributed by atoms with E-state index in [1.54, 1.807) is 12.0 Å². The molecule has 0 radical (unpaired) electrons. The van der Waals surface area contributed by atoms with Crippen molar-refractivity contribution in [2.24, 2.45) is 0 Å². The molecule has 1 amide bonds. The molecular formula is C17H23NO5. The van der Waals surface area contributed by atoms with Crippen molar-refractivity contribution in [3.05, 3.63) is 23.8 Å². The van der Waals surface area contributed by atoms with Gasteiger partial charge in [-0.3, -0.25) is 4.79 Å². The Hall–Kier alpha value is -1.79. The van der Waals surface area contributed by atoms with E-state index in [9.17, 15) is 4.79 Å². The molecular weight excluding hydrogens is 298 g/mol. The second kappa shape index (κ2) is 6.76. The summed E-state index contributed by atoms with van der Waals surface area (Å²) in [6, 6.07) is 5.65. The minimum atomic E-state index is -0.461. The van der Waals surface area contributed by atoms with Gasteiger partial charge in [-0.15, -0.1) is 0 Å². The number of benzene rings is 1. The molecule has 2 saturated heterocycles. The highest BCUT2D eigenvalue weighted by atomic mass is 16.7. The largest absolute Gasteiger partial charge is 0.493 e. The Morgan fingerprint density at radius 3 is 2.57 bits per heavy atom. The van der Waals surface area contributed by atoms with Gasteiger partial charge in [0.2, 0.25) is 0 Å². The number of carbonyl (C=O) groups is 1. The minimum Gasteiger partial charge on any atom is -0.493 e. The maximum atomic E-state index is 12.3. The molecule has 0 unspecified atom stereocenters. The van der Waals surface area contributed by atoms with Crippen LogP contribution in [0.2, 0.25) is 0 Å². The Balaban J connectivity index is 1.52.